The molecule has 1 aliphatic heterocycles. The van der Waals surface area contributed by atoms with E-state index < -0.39 is 16.8 Å². The average molecular weight is 503 g/mol. The Bertz CT molecular complexity index is 1290. The number of benzene rings is 2. The molecule has 0 aromatic heterocycles. The summed E-state index contributed by atoms with van der Waals surface area (Å²) < 4.78 is 11.1. The molecule has 1 N–H and O–H groups in total. The van der Waals surface area contributed by atoms with Crippen molar-refractivity contribution in [2.24, 2.45) is 0 Å². The summed E-state index contributed by atoms with van der Waals surface area (Å²) in [6, 6.07) is 13.8. The van der Waals surface area contributed by atoms with E-state index >= 15 is 0 Å². The lowest BCUT2D eigenvalue weighted by Crippen LogP contribution is -2.36. The molecule has 1 saturated carbocycles. The third-order valence-corrected chi connectivity index (χ3v) is 7.65. The minimum absolute atomic E-state index is 0.0121. The Morgan fingerprint density at radius 1 is 1.00 bits per heavy atom. The molecule has 0 bridgehead atoms. The maximum absolute atomic E-state index is 13.7. The molecule has 2 atom stereocenters. The maximum Gasteiger partial charge on any atom is 0.337 e. The number of dihydropyridines is 1. The number of non-ortho nitro benzene ring substituents is 1. The number of Topliss-reactive ketones (excluding diaryl/α,β-unsaturated/α-hetero) is 1. The molecular formula is C29H30N2O6. The molecule has 0 unspecified atom stereocenters. The van der Waals surface area contributed by atoms with Gasteiger partial charge < -0.3 is 14.8 Å². The van der Waals surface area contributed by atoms with E-state index in [2.05, 4.69) is 5.32 Å². The van der Waals surface area contributed by atoms with Gasteiger partial charge in [-0.3, -0.25) is 14.9 Å². The van der Waals surface area contributed by atoms with E-state index in [-0.39, 0.29) is 23.5 Å². The number of nitrogens with one attached hydrogen (secondary N) is 1. The molecular weight excluding hydrogens is 472 g/mol. The molecule has 0 spiro atoms. The van der Waals surface area contributed by atoms with Crippen LogP contribution in [0.25, 0.3) is 0 Å². The summed E-state index contributed by atoms with van der Waals surface area (Å²) in [5.74, 6) is -0.380. The Morgan fingerprint density at radius 2 is 1.65 bits per heavy atom. The van der Waals surface area contributed by atoms with Crippen LogP contribution in [0.3, 0.4) is 0 Å². The quantitative estimate of drug-likeness (QED) is 0.318. The molecule has 37 heavy (non-hydrogen) atoms. The summed E-state index contributed by atoms with van der Waals surface area (Å²) in [4.78, 5) is 38.0. The van der Waals surface area contributed by atoms with Crippen molar-refractivity contribution in [3.05, 3.63) is 92.3 Å². The molecule has 3 aliphatic rings. The van der Waals surface area contributed by atoms with E-state index in [1.165, 1.54) is 12.1 Å². The van der Waals surface area contributed by atoms with E-state index in [9.17, 15) is 19.7 Å². The standard InChI is InChI=1S/C29H30N2O6/c1-17-26(29(33)37-23-5-3-4-6-23)27(19-7-11-21(12-8-19)31(34)35)28-24(30-17)15-20(16-25(28)32)18-9-13-22(36-2)14-10-18/h7-14,20,23,27,30H,3-6,15-16H2,1-2H3/t20-,27-/m0/s1. The number of nitro groups is 1. The van der Waals surface area contributed by atoms with Gasteiger partial charge in [0.1, 0.15) is 11.9 Å². The van der Waals surface area contributed by atoms with Gasteiger partial charge in [-0.25, -0.2) is 4.79 Å². The summed E-state index contributed by atoms with van der Waals surface area (Å²) in [5.41, 5.74) is 4.04. The molecule has 2 aromatic carbocycles. The zero-order valence-electron chi connectivity index (χ0n) is 21.0. The van der Waals surface area contributed by atoms with Gasteiger partial charge in [-0.05, 0) is 68.2 Å². The van der Waals surface area contributed by atoms with E-state index in [1.807, 2.05) is 31.2 Å². The van der Waals surface area contributed by atoms with Gasteiger partial charge in [0, 0.05) is 41.4 Å². The predicted molar refractivity (Wildman–Crippen MR) is 137 cm³/mol. The van der Waals surface area contributed by atoms with Crippen molar-refractivity contribution in [2.45, 2.75) is 63.4 Å². The predicted octanol–water partition coefficient (Wildman–Crippen LogP) is 5.45. The van der Waals surface area contributed by atoms with Crippen LogP contribution in [-0.4, -0.2) is 29.9 Å². The first-order chi connectivity index (χ1) is 17.9. The van der Waals surface area contributed by atoms with E-state index in [0.29, 0.717) is 35.2 Å². The Kier molecular flexibility index (Phi) is 6.82. The first kappa shape index (κ1) is 24.7. The fourth-order valence-corrected chi connectivity index (χ4v) is 5.76. The van der Waals surface area contributed by atoms with Gasteiger partial charge in [0.05, 0.1) is 17.6 Å². The number of hydrogen-bond donors (Lipinski definition) is 1. The highest BCUT2D eigenvalue weighted by Gasteiger charge is 2.42. The molecule has 0 radical (unpaired) electrons. The second-order valence-electron chi connectivity index (χ2n) is 9.95. The highest BCUT2D eigenvalue weighted by atomic mass is 16.6. The van der Waals surface area contributed by atoms with Crippen molar-refractivity contribution in [3.8, 4) is 5.75 Å². The van der Waals surface area contributed by atoms with Gasteiger partial charge in [-0.2, -0.15) is 0 Å². The van der Waals surface area contributed by atoms with E-state index in [1.54, 1.807) is 19.2 Å². The number of carbonyl (C=O) groups is 2. The van der Waals surface area contributed by atoms with Gasteiger partial charge in [-0.1, -0.05) is 24.3 Å². The van der Waals surface area contributed by atoms with Crippen LogP contribution in [-0.2, 0) is 14.3 Å². The number of methoxy groups -OCH3 is 1. The summed E-state index contributed by atoms with van der Waals surface area (Å²) in [6.07, 6.45) is 4.52. The normalized spacial score (nSPS) is 21.9. The molecule has 8 heteroatoms. The van der Waals surface area contributed by atoms with Crippen LogP contribution in [0.4, 0.5) is 5.69 Å². The molecule has 1 heterocycles. The Morgan fingerprint density at radius 3 is 2.27 bits per heavy atom. The van der Waals surface area contributed by atoms with Gasteiger partial charge in [0.25, 0.3) is 5.69 Å². The van der Waals surface area contributed by atoms with Crippen LogP contribution in [0.1, 0.15) is 68.4 Å². The third kappa shape index (κ3) is 4.88. The smallest absolute Gasteiger partial charge is 0.337 e. The number of hydrogen-bond acceptors (Lipinski definition) is 7. The first-order valence-corrected chi connectivity index (χ1v) is 12.7. The minimum atomic E-state index is -0.643. The van der Waals surface area contributed by atoms with Crippen LogP contribution < -0.4 is 10.1 Å². The fraction of sp³-hybridized carbons (Fsp3) is 0.379. The van der Waals surface area contributed by atoms with Crippen molar-refractivity contribution < 1.29 is 24.0 Å². The number of ether oxygens (including phenoxy) is 2. The lowest BCUT2D eigenvalue weighted by atomic mass is 9.71. The van der Waals surface area contributed by atoms with Crippen LogP contribution in [0.15, 0.2) is 71.1 Å². The number of carbonyl (C=O) groups excluding carboxylic acids is 2. The largest absolute Gasteiger partial charge is 0.497 e. The maximum atomic E-state index is 13.7. The summed E-state index contributed by atoms with van der Waals surface area (Å²) in [5, 5.41) is 14.6. The van der Waals surface area contributed by atoms with Gasteiger partial charge >= 0.3 is 5.97 Å². The Balaban J connectivity index is 1.53. The lowest BCUT2D eigenvalue weighted by molar-refractivity contribution is -0.384. The molecule has 8 nitrogen and oxygen atoms in total. The number of esters is 1. The van der Waals surface area contributed by atoms with Crippen LogP contribution in [0, 0.1) is 10.1 Å². The highest BCUT2D eigenvalue weighted by Crippen LogP contribution is 2.46. The Hall–Kier alpha value is -3.94. The zero-order chi connectivity index (χ0) is 26.1. The highest BCUT2D eigenvalue weighted by molar-refractivity contribution is 6.04. The van der Waals surface area contributed by atoms with Gasteiger partial charge in [0.2, 0.25) is 0 Å². The SMILES string of the molecule is COc1ccc([C@@H]2CC(=O)C3=C(C2)NC(C)=C(C(=O)OC2CCCC2)[C@@H]3c2ccc([N+](=O)[O-])cc2)cc1. The van der Waals surface area contributed by atoms with Crippen molar-refractivity contribution in [1.82, 2.24) is 5.32 Å². The second-order valence-corrected chi connectivity index (χ2v) is 9.95. The number of nitrogens with zero attached hydrogens (tertiary/aromatic N) is 1. The van der Waals surface area contributed by atoms with Crippen molar-refractivity contribution in [1.29, 1.82) is 0 Å². The lowest BCUT2D eigenvalue weighted by Gasteiger charge is -2.37. The Labute approximate surface area is 215 Å². The number of nitro benzene ring substituents is 1. The van der Waals surface area contributed by atoms with Gasteiger partial charge in [-0.15, -0.1) is 0 Å². The topological polar surface area (TPSA) is 108 Å². The number of rotatable bonds is 6. The molecule has 0 saturated heterocycles. The molecule has 2 aliphatic carbocycles. The van der Waals surface area contributed by atoms with Crippen molar-refractivity contribution >= 4 is 17.4 Å². The van der Waals surface area contributed by atoms with E-state index in [4.69, 9.17) is 9.47 Å². The summed E-state index contributed by atoms with van der Waals surface area (Å²) in [6.45, 7) is 1.83. The fourth-order valence-electron chi connectivity index (χ4n) is 5.76. The molecule has 192 valence electrons. The summed E-state index contributed by atoms with van der Waals surface area (Å²) >= 11 is 0. The van der Waals surface area contributed by atoms with Crippen LogP contribution in [0.5, 0.6) is 5.75 Å². The first-order valence-electron chi connectivity index (χ1n) is 12.7. The molecule has 2 aromatic rings. The van der Waals surface area contributed by atoms with E-state index in [0.717, 1.165) is 42.7 Å². The second kappa shape index (κ2) is 10.2. The summed E-state index contributed by atoms with van der Waals surface area (Å²) in [7, 11) is 1.62. The van der Waals surface area contributed by atoms with Crippen molar-refractivity contribution in [2.75, 3.05) is 7.11 Å². The molecule has 0 amide bonds. The zero-order valence-corrected chi connectivity index (χ0v) is 21.0. The number of ketones is 1. The van der Waals surface area contributed by atoms with Crippen LogP contribution >= 0.6 is 0 Å². The minimum Gasteiger partial charge on any atom is -0.497 e. The third-order valence-electron chi connectivity index (χ3n) is 7.65. The molecule has 1 fully saturated rings. The average Bonchev–Trinajstić information content (AvgIpc) is 3.40. The monoisotopic (exact) mass is 502 g/mol. The van der Waals surface area contributed by atoms with Crippen molar-refractivity contribution in [3.63, 3.8) is 0 Å². The van der Waals surface area contributed by atoms with Gasteiger partial charge in [0.15, 0.2) is 5.78 Å². The van der Waals surface area contributed by atoms with Crippen LogP contribution in [0.2, 0.25) is 0 Å². The number of allylic oxidation sites excluding steroid dienone is 3. The molecule has 5 rings (SSSR count).